The van der Waals surface area contributed by atoms with Crippen LogP contribution in [-0.4, -0.2) is 97.5 Å². The molecule has 2 atom stereocenters. The smallest absolute Gasteiger partial charge is 0.275 e. The van der Waals surface area contributed by atoms with E-state index in [9.17, 15) is 14.4 Å². The number of nitrogens with zero attached hydrogens (tertiary/aromatic N) is 7. The van der Waals surface area contributed by atoms with E-state index in [2.05, 4.69) is 24.3 Å². The number of amides is 3. The molecule has 0 unspecified atom stereocenters. The minimum absolute atomic E-state index is 0.0297. The van der Waals surface area contributed by atoms with Crippen molar-refractivity contribution in [1.82, 2.24) is 38.6 Å². The number of ether oxygens (including phenoxy) is 2. The number of likely N-dealkylation sites (tertiary alicyclic amines) is 1. The van der Waals surface area contributed by atoms with Crippen molar-refractivity contribution < 1.29 is 23.9 Å². The summed E-state index contributed by atoms with van der Waals surface area (Å²) in [5.41, 5.74) is 1.81. The van der Waals surface area contributed by atoms with Crippen LogP contribution in [0, 0.1) is 12.8 Å². The highest BCUT2D eigenvalue weighted by Gasteiger charge is 2.40. The second-order valence-corrected chi connectivity index (χ2v) is 10.4. The summed E-state index contributed by atoms with van der Waals surface area (Å²) in [5.74, 6) is 0.0784. The largest absolute Gasteiger partial charge is 0.493 e. The van der Waals surface area contributed by atoms with E-state index in [1.165, 1.54) is 0 Å². The number of fused-ring (bicyclic) bond motifs is 4. The molecule has 2 aliphatic rings. The fraction of sp³-hybridized carbons (Fsp3) is 0.500. The Bertz CT molecular complexity index is 1350. The summed E-state index contributed by atoms with van der Waals surface area (Å²) in [4.78, 5) is 43.1. The van der Waals surface area contributed by atoms with E-state index in [1.54, 1.807) is 41.1 Å². The first-order valence-electron chi connectivity index (χ1n) is 13.2. The summed E-state index contributed by atoms with van der Waals surface area (Å²) in [6.45, 7) is 4.36. The monoisotopic (exact) mass is 568 g/mol. The number of hydrogen-bond acceptors (Lipinski definition) is 10. The van der Waals surface area contributed by atoms with Crippen LogP contribution in [0.1, 0.15) is 40.5 Å². The second kappa shape index (κ2) is 12.4. The van der Waals surface area contributed by atoms with Crippen molar-refractivity contribution in [1.29, 1.82) is 0 Å². The van der Waals surface area contributed by atoms with Gasteiger partial charge in [0.25, 0.3) is 5.91 Å². The molecule has 212 valence electrons. The molecule has 0 aliphatic carbocycles. The number of hydrogen-bond donors (Lipinski definition) is 1. The van der Waals surface area contributed by atoms with Gasteiger partial charge in [-0.15, -0.1) is 10.2 Å². The van der Waals surface area contributed by atoms with Gasteiger partial charge < -0.3 is 29.2 Å². The predicted octanol–water partition coefficient (Wildman–Crippen LogP) is 1.12. The number of carbonyl (C=O) groups excluding carboxylic acids is 3. The normalized spacial score (nSPS) is 19.8. The van der Waals surface area contributed by atoms with Crippen LogP contribution < -0.4 is 14.8 Å². The average molecular weight is 569 g/mol. The van der Waals surface area contributed by atoms with Crippen molar-refractivity contribution in [2.75, 3.05) is 46.4 Å². The van der Waals surface area contributed by atoms with Crippen molar-refractivity contribution in [2.45, 2.75) is 32.2 Å². The van der Waals surface area contributed by atoms with Crippen LogP contribution in [0.5, 0.6) is 11.5 Å². The number of nitrogens with one attached hydrogen (secondary N) is 1. The van der Waals surface area contributed by atoms with E-state index >= 15 is 0 Å². The van der Waals surface area contributed by atoms with Crippen LogP contribution in [0.25, 0.3) is 0 Å². The molecule has 5 rings (SSSR count). The third-order valence-corrected chi connectivity index (χ3v) is 7.96. The Morgan fingerprint density at radius 3 is 2.67 bits per heavy atom. The van der Waals surface area contributed by atoms with Crippen molar-refractivity contribution >= 4 is 29.4 Å². The molecule has 13 nitrogen and oxygen atoms in total. The third-order valence-electron chi connectivity index (χ3n) is 7.34. The van der Waals surface area contributed by atoms with Crippen molar-refractivity contribution in [2.24, 2.45) is 5.92 Å². The van der Waals surface area contributed by atoms with Gasteiger partial charge in [0.05, 0.1) is 37.0 Å². The lowest BCUT2D eigenvalue weighted by atomic mass is 9.88. The molecular weight excluding hydrogens is 536 g/mol. The standard InChI is InChI=1S/C26H32N8O5S/c1-17-24(31-40-30-17)26(37)33-8-3-7-27-25(36)20-14-34(23(35)6-9-32-15-28-29-16-32)13-19(20)18-4-5-21(38-2)22(12-18)39-11-10-33/h4-5,12,15-16,19-20H,3,6-11,13-14H2,1-2H3,(H,27,36)/t19-,20+/m1/s1. The lowest BCUT2D eigenvalue weighted by Gasteiger charge is -2.24. The molecule has 0 radical (unpaired) electrons. The van der Waals surface area contributed by atoms with Crippen molar-refractivity contribution in [3.63, 3.8) is 0 Å². The maximum Gasteiger partial charge on any atom is 0.275 e. The van der Waals surface area contributed by atoms with Gasteiger partial charge >= 0.3 is 0 Å². The molecule has 2 aliphatic heterocycles. The van der Waals surface area contributed by atoms with Gasteiger partial charge in [-0.1, -0.05) is 6.07 Å². The molecule has 1 saturated heterocycles. The Morgan fingerprint density at radius 2 is 1.93 bits per heavy atom. The SMILES string of the molecule is COc1ccc2cc1OCCN(C(=O)c1nsnc1C)CCCNC(=O)[C@H]1CN(C(=O)CCn3cnnc3)C[C@H]21. The lowest BCUT2D eigenvalue weighted by molar-refractivity contribution is -0.131. The molecule has 0 spiro atoms. The van der Waals surface area contributed by atoms with Crippen LogP contribution >= 0.6 is 11.7 Å². The highest BCUT2D eigenvalue weighted by Crippen LogP contribution is 2.38. The summed E-state index contributed by atoms with van der Waals surface area (Å²) in [6, 6.07) is 5.61. The number of aryl methyl sites for hydroxylation is 2. The number of carbonyl (C=O) groups is 3. The maximum atomic E-state index is 13.4. The van der Waals surface area contributed by atoms with E-state index in [-0.39, 0.29) is 36.7 Å². The van der Waals surface area contributed by atoms with E-state index in [0.29, 0.717) is 68.6 Å². The molecule has 1 aromatic carbocycles. The first-order valence-corrected chi connectivity index (χ1v) is 13.9. The van der Waals surface area contributed by atoms with Gasteiger partial charge in [-0.2, -0.15) is 8.75 Å². The Hall–Kier alpha value is -4.07. The molecule has 3 aromatic rings. The lowest BCUT2D eigenvalue weighted by Crippen LogP contribution is -2.39. The molecule has 2 aromatic heterocycles. The molecule has 3 amide bonds. The van der Waals surface area contributed by atoms with Crippen molar-refractivity contribution in [3.05, 3.63) is 47.8 Å². The van der Waals surface area contributed by atoms with E-state index < -0.39 is 5.92 Å². The number of benzene rings is 1. The van der Waals surface area contributed by atoms with Crippen LogP contribution in [-0.2, 0) is 16.1 Å². The summed E-state index contributed by atoms with van der Waals surface area (Å²) in [6.07, 6.45) is 3.99. The predicted molar refractivity (Wildman–Crippen MR) is 144 cm³/mol. The highest BCUT2D eigenvalue weighted by molar-refractivity contribution is 6.99. The third kappa shape index (κ3) is 6.06. The molecule has 4 heterocycles. The fourth-order valence-corrected chi connectivity index (χ4v) is 5.68. The Balaban J connectivity index is 1.36. The van der Waals surface area contributed by atoms with Crippen molar-refractivity contribution in [3.8, 4) is 11.5 Å². The molecule has 2 bridgehead atoms. The molecule has 1 N–H and O–H groups in total. The van der Waals surface area contributed by atoms with Crippen LogP contribution in [0.4, 0.5) is 0 Å². The minimum Gasteiger partial charge on any atom is -0.493 e. The van der Waals surface area contributed by atoms with Gasteiger partial charge in [-0.25, -0.2) is 0 Å². The molecule has 1 fully saturated rings. The topological polar surface area (TPSA) is 145 Å². The summed E-state index contributed by atoms with van der Waals surface area (Å²) in [7, 11) is 1.57. The fourth-order valence-electron chi connectivity index (χ4n) is 5.14. The van der Waals surface area contributed by atoms with E-state index in [4.69, 9.17) is 9.47 Å². The van der Waals surface area contributed by atoms with Crippen LogP contribution in [0.15, 0.2) is 30.9 Å². The number of aromatic nitrogens is 5. The van der Waals surface area contributed by atoms with Gasteiger partial charge in [0.1, 0.15) is 19.3 Å². The zero-order chi connectivity index (χ0) is 28.1. The van der Waals surface area contributed by atoms with Gasteiger partial charge in [-0.3, -0.25) is 14.4 Å². The quantitative estimate of drug-likeness (QED) is 0.479. The van der Waals surface area contributed by atoms with E-state index in [0.717, 1.165) is 17.3 Å². The van der Waals surface area contributed by atoms with Gasteiger partial charge in [0.2, 0.25) is 11.8 Å². The van der Waals surface area contributed by atoms with Gasteiger partial charge in [-0.05, 0) is 31.0 Å². The highest BCUT2D eigenvalue weighted by atomic mass is 32.1. The summed E-state index contributed by atoms with van der Waals surface area (Å²) in [5, 5.41) is 10.6. The average Bonchev–Trinajstić information content (AvgIpc) is 3.73. The second-order valence-electron chi connectivity index (χ2n) is 9.86. The molecular formula is C26H32N8O5S. The first kappa shape index (κ1) is 27.5. The molecule has 14 heteroatoms. The summed E-state index contributed by atoms with van der Waals surface area (Å²) < 4.78 is 21.7. The summed E-state index contributed by atoms with van der Waals surface area (Å²) >= 11 is 1.01. The van der Waals surface area contributed by atoms with Gasteiger partial charge in [0, 0.05) is 45.1 Å². The van der Waals surface area contributed by atoms with Crippen LogP contribution in [0.3, 0.4) is 0 Å². The molecule has 0 saturated carbocycles. The zero-order valence-electron chi connectivity index (χ0n) is 22.5. The molecule has 40 heavy (non-hydrogen) atoms. The maximum absolute atomic E-state index is 13.4. The van der Waals surface area contributed by atoms with Crippen LogP contribution in [0.2, 0.25) is 0 Å². The number of methoxy groups -OCH3 is 1. The Kier molecular flexibility index (Phi) is 8.53. The zero-order valence-corrected chi connectivity index (χ0v) is 23.3. The van der Waals surface area contributed by atoms with E-state index in [1.807, 2.05) is 18.2 Å². The first-order chi connectivity index (χ1) is 19.4. The minimum atomic E-state index is -0.426. The Labute approximate surface area is 235 Å². The number of rotatable bonds is 5. The Morgan fingerprint density at radius 1 is 1.12 bits per heavy atom. The van der Waals surface area contributed by atoms with Gasteiger partial charge in [0.15, 0.2) is 17.2 Å².